The van der Waals surface area contributed by atoms with E-state index in [0.29, 0.717) is 13.2 Å². The van der Waals surface area contributed by atoms with Crippen molar-refractivity contribution in [1.82, 2.24) is 0 Å². The molecule has 1 aliphatic rings. The highest BCUT2D eigenvalue weighted by molar-refractivity contribution is 5.69. The number of esters is 1. The Hall–Kier alpha value is -0.610. The van der Waals surface area contributed by atoms with Gasteiger partial charge in [0.25, 0.3) is 0 Å². The molecule has 1 N–H and O–H groups in total. The maximum Gasteiger partial charge on any atom is 0.308 e. The van der Waals surface area contributed by atoms with E-state index in [-0.39, 0.29) is 24.4 Å². The Morgan fingerprint density at radius 2 is 2.00 bits per heavy atom. The first-order chi connectivity index (χ1) is 7.37. The lowest BCUT2D eigenvalue weighted by Gasteiger charge is -2.19. The Labute approximate surface area is 96.9 Å². The summed E-state index contributed by atoms with van der Waals surface area (Å²) in [6.45, 7) is 6.63. The number of ether oxygens (including phenoxy) is 2. The van der Waals surface area contributed by atoms with Gasteiger partial charge in [0.2, 0.25) is 0 Å². The van der Waals surface area contributed by atoms with Gasteiger partial charge in [0.1, 0.15) is 5.60 Å². The van der Waals surface area contributed by atoms with Crippen LogP contribution in [0.3, 0.4) is 0 Å². The van der Waals surface area contributed by atoms with E-state index in [1.165, 1.54) is 0 Å². The van der Waals surface area contributed by atoms with Gasteiger partial charge in [0.15, 0.2) is 0 Å². The zero-order valence-corrected chi connectivity index (χ0v) is 10.4. The SMILES string of the molecule is CC(C)(C)OC(=O)CCOCC1(CO)CC1. The van der Waals surface area contributed by atoms with Crippen molar-refractivity contribution in [1.29, 1.82) is 0 Å². The third-order valence-electron chi connectivity index (χ3n) is 2.57. The van der Waals surface area contributed by atoms with E-state index in [2.05, 4.69) is 0 Å². The van der Waals surface area contributed by atoms with Gasteiger partial charge in [-0.1, -0.05) is 0 Å². The van der Waals surface area contributed by atoms with E-state index in [4.69, 9.17) is 14.6 Å². The molecule has 0 atom stereocenters. The van der Waals surface area contributed by atoms with Gasteiger partial charge < -0.3 is 14.6 Å². The molecule has 0 saturated heterocycles. The van der Waals surface area contributed by atoms with Crippen LogP contribution in [0.1, 0.15) is 40.0 Å². The number of hydrogen-bond donors (Lipinski definition) is 1. The quantitative estimate of drug-likeness (QED) is 0.555. The third kappa shape index (κ3) is 4.94. The van der Waals surface area contributed by atoms with Crippen LogP contribution in [-0.4, -0.2) is 36.5 Å². The Kier molecular flexibility index (Phi) is 4.33. The number of aliphatic hydroxyl groups excluding tert-OH is 1. The molecule has 1 fully saturated rings. The first-order valence-corrected chi connectivity index (χ1v) is 5.77. The Bertz CT molecular complexity index is 238. The lowest BCUT2D eigenvalue weighted by atomic mass is 10.1. The summed E-state index contributed by atoms with van der Waals surface area (Å²) in [6.07, 6.45) is 2.32. The smallest absolute Gasteiger partial charge is 0.308 e. The van der Waals surface area contributed by atoms with E-state index < -0.39 is 5.60 Å². The number of hydrogen-bond acceptors (Lipinski definition) is 4. The van der Waals surface area contributed by atoms with E-state index in [1.807, 2.05) is 20.8 Å². The van der Waals surface area contributed by atoms with Crippen LogP contribution in [0.25, 0.3) is 0 Å². The fraction of sp³-hybridized carbons (Fsp3) is 0.917. The molecule has 0 spiro atoms. The molecule has 0 bridgehead atoms. The lowest BCUT2D eigenvalue weighted by Crippen LogP contribution is -2.25. The molecule has 0 aromatic heterocycles. The van der Waals surface area contributed by atoms with Gasteiger partial charge >= 0.3 is 5.97 Å². The summed E-state index contributed by atoms with van der Waals surface area (Å²) in [7, 11) is 0. The summed E-state index contributed by atoms with van der Waals surface area (Å²) in [6, 6.07) is 0. The second-order valence-corrected chi connectivity index (χ2v) is 5.55. The number of rotatable bonds is 6. The molecule has 0 unspecified atom stereocenters. The van der Waals surface area contributed by atoms with Gasteiger partial charge in [0.05, 0.1) is 26.2 Å². The molecule has 0 amide bonds. The first-order valence-electron chi connectivity index (χ1n) is 5.77. The van der Waals surface area contributed by atoms with Crippen molar-refractivity contribution in [2.45, 2.75) is 45.6 Å². The largest absolute Gasteiger partial charge is 0.460 e. The van der Waals surface area contributed by atoms with Crippen molar-refractivity contribution < 1.29 is 19.4 Å². The van der Waals surface area contributed by atoms with Crippen LogP contribution in [0.2, 0.25) is 0 Å². The highest BCUT2D eigenvalue weighted by Gasteiger charge is 2.42. The highest BCUT2D eigenvalue weighted by atomic mass is 16.6. The topological polar surface area (TPSA) is 55.8 Å². The summed E-state index contributed by atoms with van der Waals surface area (Å²) in [5.74, 6) is -0.235. The molecule has 0 aromatic rings. The fourth-order valence-electron chi connectivity index (χ4n) is 1.36. The van der Waals surface area contributed by atoms with E-state index in [9.17, 15) is 4.79 Å². The predicted molar refractivity (Wildman–Crippen MR) is 60.0 cm³/mol. The van der Waals surface area contributed by atoms with Gasteiger partial charge in [-0.25, -0.2) is 0 Å². The second kappa shape index (κ2) is 5.15. The summed E-state index contributed by atoms with van der Waals surface area (Å²) in [5.41, 5.74) is -0.437. The summed E-state index contributed by atoms with van der Waals surface area (Å²) in [4.78, 5) is 11.3. The molecule has 0 radical (unpaired) electrons. The van der Waals surface area contributed by atoms with Gasteiger partial charge in [-0.05, 0) is 33.6 Å². The second-order valence-electron chi connectivity index (χ2n) is 5.55. The van der Waals surface area contributed by atoms with Gasteiger partial charge in [-0.3, -0.25) is 4.79 Å². The average molecular weight is 230 g/mol. The monoisotopic (exact) mass is 230 g/mol. The van der Waals surface area contributed by atoms with E-state index >= 15 is 0 Å². The predicted octanol–water partition coefficient (Wildman–Crippen LogP) is 1.51. The van der Waals surface area contributed by atoms with Crippen LogP contribution in [0.5, 0.6) is 0 Å². The third-order valence-corrected chi connectivity index (χ3v) is 2.57. The maximum absolute atomic E-state index is 11.3. The van der Waals surface area contributed by atoms with Crippen molar-refractivity contribution >= 4 is 5.97 Å². The average Bonchev–Trinajstić information content (AvgIpc) is 2.90. The van der Waals surface area contributed by atoms with Gasteiger partial charge in [-0.2, -0.15) is 0 Å². The Balaban J connectivity index is 2.05. The first kappa shape index (κ1) is 13.5. The Morgan fingerprint density at radius 3 is 2.44 bits per heavy atom. The molecule has 1 saturated carbocycles. The minimum Gasteiger partial charge on any atom is -0.460 e. The summed E-state index contributed by atoms with van der Waals surface area (Å²) < 4.78 is 10.5. The molecule has 4 nitrogen and oxygen atoms in total. The molecule has 1 aliphatic carbocycles. The summed E-state index contributed by atoms with van der Waals surface area (Å²) >= 11 is 0. The molecule has 94 valence electrons. The fourth-order valence-corrected chi connectivity index (χ4v) is 1.36. The minimum absolute atomic E-state index is 0.00602. The zero-order chi connectivity index (χ0) is 12.2. The van der Waals surface area contributed by atoms with Gasteiger partial charge in [-0.15, -0.1) is 0 Å². The van der Waals surface area contributed by atoms with Crippen molar-refractivity contribution in [3.8, 4) is 0 Å². The molecule has 16 heavy (non-hydrogen) atoms. The van der Waals surface area contributed by atoms with E-state index in [1.54, 1.807) is 0 Å². The van der Waals surface area contributed by atoms with Crippen LogP contribution in [-0.2, 0) is 14.3 Å². The molecular formula is C12H22O4. The normalized spacial score (nSPS) is 18.2. The number of aliphatic hydroxyl groups is 1. The number of carbonyl (C=O) groups is 1. The maximum atomic E-state index is 11.3. The Morgan fingerprint density at radius 1 is 1.38 bits per heavy atom. The van der Waals surface area contributed by atoms with Crippen LogP contribution in [0.4, 0.5) is 0 Å². The standard InChI is InChI=1S/C12H22O4/c1-11(2,3)16-10(14)4-7-15-9-12(8-13)5-6-12/h13H,4-9H2,1-3H3. The van der Waals surface area contributed by atoms with Crippen molar-refractivity contribution in [2.75, 3.05) is 19.8 Å². The van der Waals surface area contributed by atoms with Crippen molar-refractivity contribution in [2.24, 2.45) is 5.41 Å². The highest BCUT2D eigenvalue weighted by Crippen LogP contribution is 2.45. The molecule has 0 heterocycles. The zero-order valence-electron chi connectivity index (χ0n) is 10.4. The van der Waals surface area contributed by atoms with Crippen LogP contribution < -0.4 is 0 Å². The van der Waals surface area contributed by atoms with Crippen LogP contribution in [0, 0.1) is 5.41 Å². The molecular weight excluding hydrogens is 208 g/mol. The van der Waals surface area contributed by atoms with Crippen molar-refractivity contribution in [3.63, 3.8) is 0 Å². The molecule has 0 aliphatic heterocycles. The van der Waals surface area contributed by atoms with Crippen LogP contribution >= 0.6 is 0 Å². The minimum atomic E-state index is -0.431. The van der Waals surface area contributed by atoms with Crippen LogP contribution in [0.15, 0.2) is 0 Å². The lowest BCUT2D eigenvalue weighted by molar-refractivity contribution is -0.156. The number of carbonyl (C=O) groups excluding carboxylic acids is 1. The van der Waals surface area contributed by atoms with Crippen molar-refractivity contribution in [3.05, 3.63) is 0 Å². The van der Waals surface area contributed by atoms with Gasteiger partial charge in [0, 0.05) is 5.41 Å². The summed E-state index contributed by atoms with van der Waals surface area (Å²) in [5, 5.41) is 9.05. The molecule has 1 rings (SSSR count). The molecule has 4 heteroatoms. The molecule has 0 aromatic carbocycles. The van der Waals surface area contributed by atoms with E-state index in [0.717, 1.165) is 12.8 Å².